The number of ketones is 1. The first kappa shape index (κ1) is 18.6. The number of hydrogen-bond donors (Lipinski definition) is 5. The van der Waals surface area contributed by atoms with E-state index in [2.05, 4.69) is 0 Å². The third kappa shape index (κ3) is 3.41. The fourth-order valence-electron chi connectivity index (χ4n) is 3.08. The Labute approximate surface area is 155 Å². The molecule has 0 aromatic heterocycles. The smallest absolute Gasteiger partial charge is 0.181 e. The summed E-state index contributed by atoms with van der Waals surface area (Å²) in [6, 6.07) is 4.98. The van der Waals surface area contributed by atoms with Gasteiger partial charge in [0.25, 0.3) is 0 Å². The van der Waals surface area contributed by atoms with Crippen LogP contribution in [0.15, 0.2) is 35.9 Å². The van der Waals surface area contributed by atoms with Gasteiger partial charge in [-0.3, -0.25) is 4.79 Å². The predicted molar refractivity (Wildman–Crippen MR) is 96.7 cm³/mol. The molecule has 0 spiro atoms. The molecule has 1 heterocycles. The van der Waals surface area contributed by atoms with Gasteiger partial charge >= 0.3 is 0 Å². The Morgan fingerprint density at radius 3 is 2.56 bits per heavy atom. The van der Waals surface area contributed by atoms with Crippen LogP contribution in [0.1, 0.15) is 34.3 Å². The standard InChI is InChI=1S/C20H20O7/c1-10(8-21)2-4-13-16(24)7-17(25)18-19(26)14(9-27-20(13)18)12-5-3-11(22)6-15(12)23/h2-3,5-7,14,21-25H,4,8-9H2,1H3/b10-2+/t14-/m1/s1. The van der Waals surface area contributed by atoms with Gasteiger partial charge in [0, 0.05) is 23.3 Å². The molecule has 1 aliphatic rings. The number of aromatic hydroxyl groups is 4. The minimum absolute atomic E-state index is 0.0680. The highest BCUT2D eigenvalue weighted by molar-refractivity contribution is 6.07. The molecule has 142 valence electrons. The molecule has 0 unspecified atom stereocenters. The second-order valence-electron chi connectivity index (χ2n) is 6.48. The van der Waals surface area contributed by atoms with E-state index in [1.54, 1.807) is 13.0 Å². The summed E-state index contributed by atoms with van der Waals surface area (Å²) in [7, 11) is 0. The third-order valence-electron chi connectivity index (χ3n) is 4.59. The highest BCUT2D eigenvalue weighted by Gasteiger charge is 2.36. The number of carbonyl (C=O) groups excluding carboxylic acids is 1. The van der Waals surface area contributed by atoms with Crippen molar-refractivity contribution < 1.29 is 35.1 Å². The Bertz CT molecular complexity index is 930. The molecule has 7 nitrogen and oxygen atoms in total. The second kappa shape index (κ2) is 7.20. The maximum Gasteiger partial charge on any atom is 0.181 e. The van der Waals surface area contributed by atoms with E-state index in [0.29, 0.717) is 11.1 Å². The van der Waals surface area contributed by atoms with E-state index in [1.807, 2.05) is 0 Å². The number of fused-ring (bicyclic) bond motifs is 1. The summed E-state index contributed by atoms with van der Waals surface area (Å²) in [5, 5.41) is 49.0. The average molecular weight is 372 g/mol. The van der Waals surface area contributed by atoms with Crippen molar-refractivity contribution in [3.63, 3.8) is 0 Å². The number of phenols is 4. The van der Waals surface area contributed by atoms with Crippen LogP contribution in [-0.2, 0) is 6.42 Å². The quantitative estimate of drug-likeness (QED) is 0.521. The van der Waals surface area contributed by atoms with E-state index >= 15 is 0 Å². The van der Waals surface area contributed by atoms with E-state index in [0.717, 1.165) is 12.1 Å². The lowest BCUT2D eigenvalue weighted by molar-refractivity contribution is 0.0888. The monoisotopic (exact) mass is 372 g/mol. The first-order valence-corrected chi connectivity index (χ1v) is 8.36. The Hall–Kier alpha value is -3.19. The van der Waals surface area contributed by atoms with Crippen LogP contribution in [0.3, 0.4) is 0 Å². The number of carbonyl (C=O) groups is 1. The lowest BCUT2D eigenvalue weighted by atomic mass is 9.86. The van der Waals surface area contributed by atoms with Gasteiger partial charge in [0.2, 0.25) is 0 Å². The second-order valence-corrected chi connectivity index (χ2v) is 6.48. The molecule has 0 amide bonds. The van der Waals surface area contributed by atoms with Crippen LogP contribution < -0.4 is 4.74 Å². The van der Waals surface area contributed by atoms with Crippen molar-refractivity contribution in [3.8, 4) is 28.7 Å². The normalized spacial score (nSPS) is 16.7. The SMILES string of the molecule is C/C(=C\Cc1c(O)cc(O)c2c1OC[C@H](c1ccc(O)cc1O)C2=O)CO. The summed E-state index contributed by atoms with van der Waals surface area (Å²) in [6.07, 6.45) is 1.90. The van der Waals surface area contributed by atoms with Crippen LogP contribution in [0.2, 0.25) is 0 Å². The molecule has 0 saturated heterocycles. The molecule has 1 aliphatic heterocycles. The highest BCUT2D eigenvalue weighted by atomic mass is 16.5. The zero-order chi connectivity index (χ0) is 19.7. The molecule has 0 fully saturated rings. The molecule has 7 heteroatoms. The maximum absolute atomic E-state index is 13.0. The molecule has 0 bridgehead atoms. The molecule has 0 aliphatic carbocycles. The predicted octanol–water partition coefficient (Wildman–Crippen LogP) is 2.35. The van der Waals surface area contributed by atoms with E-state index < -0.39 is 17.5 Å². The zero-order valence-corrected chi connectivity index (χ0v) is 14.6. The lowest BCUT2D eigenvalue weighted by Gasteiger charge is -2.27. The van der Waals surface area contributed by atoms with Crippen molar-refractivity contribution in [2.75, 3.05) is 13.2 Å². The van der Waals surface area contributed by atoms with Gasteiger partial charge in [-0.1, -0.05) is 17.7 Å². The van der Waals surface area contributed by atoms with Gasteiger partial charge in [-0.25, -0.2) is 0 Å². The zero-order valence-electron chi connectivity index (χ0n) is 14.6. The topological polar surface area (TPSA) is 127 Å². The van der Waals surface area contributed by atoms with Gasteiger partial charge in [0.05, 0.1) is 12.5 Å². The average Bonchev–Trinajstić information content (AvgIpc) is 2.61. The molecule has 3 rings (SSSR count). The summed E-state index contributed by atoms with van der Waals surface area (Å²) < 4.78 is 5.70. The van der Waals surface area contributed by atoms with Crippen molar-refractivity contribution in [1.29, 1.82) is 0 Å². The van der Waals surface area contributed by atoms with Crippen molar-refractivity contribution in [3.05, 3.63) is 52.6 Å². The van der Waals surface area contributed by atoms with Crippen LogP contribution >= 0.6 is 0 Å². The van der Waals surface area contributed by atoms with Crippen molar-refractivity contribution in [2.24, 2.45) is 0 Å². The molecule has 0 saturated carbocycles. The summed E-state index contributed by atoms with van der Waals surface area (Å²) in [4.78, 5) is 13.0. The summed E-state index contributed by atoms with van der Waals surface area (Å²) in [5.41, 5.74) is 1.22. The Morgan fingerprint density at radius 1 is 1.15 bits per heavy atom. The van der Waals surface area contributed by atoms with Gasteiger partial charge in [0.15, 0.2) is 5.78 Å². The first-order valence-electron chi connectivity index (χ1n) is 8.36. The third-order valence-corrected chi connectivity index (χ3v) is 4.59. The Kier molecular flexibility index (Phi) is 4.96. The molecule has 2 aromatic carbocycles. The van der Waals surface area contributed by atoms with Crippen LogP contribution in [0, 0.1) is 0 Å². The van der Waals surface area contributed by atoms with Gasteiger partial charge in [-0.2, -0.15) is 0 Å². The molecular formula is C20H20O7. The number of rotatable bonds is 4. The van der Waals surface area contributed by atoms with E-state index in [-0.39, 0.29) is 53.8 Å². The van der Waals surface area contributed by atoms with Crippen LogP contribution in [-0.4, -0.2) is 44.5 Å². The van der Waals surface area contributed by atoms with Gasteiger partial charge < -0.3 is 30.3 Å². The van der Waals surface area contributed by atoms with Gasteiger partial charge in [-0.05, 0) is 19.4 Å². The van der Waals surface area contributed by atoms with Crippen molar-refractivity contribution in [2.45, 2.75) is 19.3 Å². The number of ether oxygens (including phenoxy) is 1. The Balaban J connectivity index is 2.05. The number of benzene rings is 2. The van der Waals surface area contributed by atoms with E-state index in [9.17, 15) is 25.2 Å². The van der Waals surface area contributed by atoms with Gasteiger partial charge in [0.1, 0.15) is 40.9 Å². The number of hydrogen-bond acceptors (Lipinski definition) is 7. The van der Waals surface area contributed by atoms with Crippen LogP contribution in [0.5, 0.6) is 28.7 Å². The largest absolute Gasteiger partial charge is 0.508 e. The van der Waals surface area contributed by atoms with E-state index in [1.165, 1.54) is 12.1 Å². The molecule has 0 radical (unpaired) electrons. The summed E-state index contributed by atoms with van der Waals surface area (Å²) in [6.45, 7) is 1.49. The molecule has 27 heavy (non-hydrogen) atoms. The number of aliphatic hydroxyl groups is 1. The van der Waals surface area contributed by atoms with Crippen molar-refractivity contribution in [1.82, 2.24) is 0 Å². The fourth-order valence-corrected chi connectivity index (χ4v) is 3.08. The van der Waals surface area contributed by atoms with Crippen molar-refractivity contribution >= 4 is 5.78 Å². The number of phenolic OH excluding ortho intramolecular Hbond substituents is 4. The molecule has 1 atom stereocenters. The number of Topliss-reactive ketones (excluding diaryl/α,β-unsaturated/α-hetero) is 1. The van der Waals surface area contributed by atoms with Crippen LogP contribution in [0.4, 0.5) is 0 Å². The summed E-state index contributed by atoms with van der Waals surface area (Å²) >= 11 is 0. The van der Waals surface area contributed by atoms with Gasteiger partial charge in [-0.15, -0.1) is 0 Å². The summed E-state index contributed by atoms with van der Waals surface area (Å²) in [5.74, 6) is -2.25. The molecule has 5 N–H and O–H groups in total. The number of allylic oxidation sites excluding steroid dienone is 1. The highest BCUT2D eigenvalue weighted by Crippen LogP contribution is 2.45. The Morgan fingerprint density at radius 2 is 1.89 bits per heavy atom. The van der Waals surface area contributed by atoms with Crippen LogP contribution in [0.25, 0.3) is 0 Å². The maximum atomic E-state index is 13.0. The lowest BCUT2D eigenvalue weighted by Crippen LogP contribution is -2.27. The minimum Gasteiger partial charge on any atom is -0.508 e. The molecular weight excluding hydrogens is 352 g/mol. The minimum atomic E-state index is -0.865. The fraction of sp³-hybridized carbons (Fsp3) is 0.250. The first-order chi connectivity index (χ1) is 12.8. The number of aliphatic hydroxyl groups excluding tert-OH is 1. The molecule has 2 aromatic rings. The van der Waals surface area contributed by atoms with E-state index in [4.69, 9.17) is 9.84 Å².